The Balaban J connectivity index is 2.52. The highest BCUT2D eigenvalue weighted by atomic mass is 14.9. The first-order valence-corrected chi connectivity index (χ1v) is 7.83. The summed E-state index contributed by atoms with van der Waals surface area (Å²) in [5, 5.41) is 4.82. The third kappa shape index (κ3) is 3.30. The van der Waals surface area contributed by atoms with Crippen molar-refractivity contribution in [3.63, 3.8) is 0 Å². The minimum atomic E-state index is 0.455. The molecule has 0 aliphatic carbocycles. The van der Waals surface area contributed by atoms with Crippen molar-refractivity contribution < 1.29 is 0 Å². The van der Waals surface area contributed by atoms with Gasteiger partial charge in [0.15, 0.2) is 0 Å². The van der Waals surface area contributed by atoms with Gasteiger partial charge in [0.1, 0.15) is 0 Å². The SMILES string of the molecule is CCCNc1cc(C(C)C)nc2ccc(CCC)cc12. The highest BCUT2D eigenvalue weighted by Crippen LogP contribution is 2.27. The molecule has 1 aromatic heterocycles. The fraction of sp³-hybridized carbons (Fsp3) is 0.500. The first-order valence-electron chi connectivity index (χ1n) is 7.83. The number of nitrogens with zero attached hydrogens (tertiary/aromatic N) is 1. The molecule has 0 saturated carbocycles. The van der Waals surface area contributed by atoms with Crippen LogP contribution in [0.5, 0.6) is 0 Å². The van der Waals surface area contributed by atoms with Gasteiger partial charge in [-0.1, -0.05) is 40.2 Å². The van der Waals surface area contributed by atoms with Crippen LogP contribution in [0.4, 0.5) is 5.69 Å². The molecule has 2 heteroatoms. The number of rotatable bonds is 6. The van der Waals surface area contributed by atoms with Gasteiger partial charge in [-0.15, -0.1) is 0 Å². The molecule has 0 aliphatic heterocycles. The molecule has 0 saturated heterocycles. The van der Waals surface area contributed by atoms with E-state index < -0.39 is 0 Å². The number of hydrogen-bond acceptors (Lipinski definition) is 2. The topological polar surface area (TPSA) is 24.9 Å². The fourth-order valence-electron chi connectivity index (χ4n) is 2.44. The van der Waals surface area contributed by atoms with E-state index in [0.717, 1.165) is 24.9 Å². The van der Waals surface area contributed by atoms with Gasteiger partial charge in [0.2, 0.25) is 0 Å². The Morgan fingerprint density at radius 3 is 2.55 bits per heavy atom. The maximum atomic E-state index is 4.80. The molecule has 2 rings (SSSR count). The Morgan fingerprint density at radius 2 is 1.90 bits per heavy atom. The molecule has 1 heterocycles. The first kappa shape index (κ1) is 14.8. The summed E-state index contributed by atoms with van der Waals surface area (Å²) >= 11 is 0. The predicted octanol–water partition coefficient (Wildman–Crippen LogP) is 5.13. The zero-order chi connectivity index (χ0) is 14.5. The van der Waals surface area contributed by atoms with Gasteiger partial charge in [-0.25, -0.2) is 0 Å². The highest BCUT2D eigenvalue weighted by molar-refractivity contribution is 5.92. The van der Waals surface area contributed by atoms with Crippen molar-refractivity contribution >= 4 is 16.6 Å². The third-order valence-corrected chi connectivity index (χ3v) is 3.59. The standard InChI is InChI=1S/C18H26N2/c1-5-7-14-8-9-16-15(11-14)18(19-10-6-2)12-17(20-16)13(3)4/h8-9,11-13H,5-7,10H2,1-4H3,(H,19,20). The van der Waals surface area contributed by atoms with Crippen LogP contribution in [0, 0.1) is 0 Å². The summed E-state index contributed by atoms with van der Waals surface area (Å²) in [7, 11) is 0. The summed E-state index contributed by atoms with van der Waals surface area (Å²) in [4.78, 5) is 4.80. The lowest BCUT2D eigenvalue weighted by molar-refractivity contribution is 0.829. The molecule has 0 bridgehead atoms. The number of fused-ring (bicyclic) bond motifs is 1. The lowest BCUT2D eigenvalue weighted by Crippen LogP contribution is -2.03. The first-order chi connectivity index (χ1) is 9.65. The van der Waals surface area contributed by atoms with Crippen molar-refractivity contribution in [1.29, 1.82) is 0 Å². The van der Waals surface area contributed by atoms with E-state index in [1.165, 1.54) is 28.8 Å². The van der Waals surface area contributed by atoms with E-state index in [1.54, 1.807) is 0 Å². The van der Waals surface area contributed by atoms with Gasteiger partial charge in [0.05, 0.1) is 5.52 Å². The molecule has 1 aromatic carbocycles. The zero-order valence-corrected chi connectivity index (χ0v) is 13.2. The lowest BCUT2D eigenvalue weighted by atomic mass is 10.0. The lowest BCUT2D eigenvalue weighted by Gasteiger charge is -2.14. The molecular formula is C18H26N2. The summed E-state index contributed by atoms with van der Waals surface area (Å²) in [5.74, 6) is 0.455. The van der Waals surface area contributed by atoms with Crippen LogP contribution in [0.2, 0.25) is 0 Å². The predicted molar refractivity (Wildman–Crippen MR) is 88.6 cm³/mol. The van der Waals surface area contributed by atoms with Gasteiger partial charge in [0, 0.05) is 23.3 Å². The molecule has 0 radical (unpaired) electrons. The van der Waals surface area contributed by atoms with Gasteiger partial charge >= 0.3 is 0 Å². The van der Waals surface area contributed by atoms with Crippen molar-refractivity contribution in [2.75, 3.05) is 11.9 Å². The van der Waals surface area contributed by atoms with Crippen molar-refractivity contribution in [3.05, 3.63) is 35.5 Å². The zero-order valence-electron chi connectivity index (χ0n) is 13.2. The van der Waals surface area contributed by atoms with E-state index in [2.05, 4.69) is 57.3 Å². The van der Waals surface area contributed by atoms with E-state index in [4.69, 9.17) is 4.98 Å². The van der Waals surface area contributed by atoms with E-state index in [9.17, 15) is 0 Å². The molecule has 2 aromatic rings. The second kappa shape index (κ2) is 6.74. The van der Waals surface area contributed by atoms with Crippen molar-refractivity contribution in [3.8, 4) is 0 Å². The van der Waals surface area contributed by atoms with Crippen LogP contribution >= 0.6 is 0 Å². The second-order valence-corrected chi connectivity index (χ2v) is 5.78. The molecule has 2 nitrogen and oxygen atoms in total. The van der Waals surface area contributed by atoms with Crippen LogP contribution in [0.25, 0.3) is 10.9 Å². The molecule has 20 heavy (non-hydrogen) atoms. The Kier molecular flexibility index (Phi) is 4.99. The minimum absolute atomic E-state index is 0.455. The summed E-state index contributed by atoms with van der Waals surface area (Å²) in [6.45, 7) is 9.82. The van der Waals surface area contributed by atoms with Crippen molar-refractivity contribution in [2.45, 2.75) is 52.9 Å². The maximum Gasteiger partial charge on any atom is 0.0726 e. The van der Waals surface area contributed by atoms with E-state index in [-0.39, 0.29) is 0 Å². The minimum Gasteiger partial charge on any atom is -0.384 e. The van der Waals surface area contributed by atoms with Crippen LogP contribution < -0.4 is 5.32 Å². The number of aryl methyl sites for hydroxylation is 1. The normalized spacial score (nSPS) is 11.2. The molecule has 0 fully saturated rings. The van der Waals surface area contributed by atoms with Gasteiger partial charge < -0.3 is 5.32 Å². The molecule has 0 amide bonds. The fourth-order valence-corrected chi connectivity index (χ4v) is 2.44. The van der Waals surface area contributed by atoms with E-state index in [1.807, 2.05) is 0 Å². The third-order valence-electron chi connectivity index (χ3n) is 3.59. The van der Waals surface area contributed by atoms with Crippen LogP contribution in [0.1, 0.15) is 57.7 Å². The highest BCUT2D eigenvalue weighted by Gasteiger charge is 2.09. The van der Waals surface area contributed by atoms with Crippen LogP contribution in [-0.2, 0) is 6.42 Å². The second-order valence-electron chi connectivity index (χ2n) is 5.78. The maximum absolute atomic E-state index is 4.80. The Bertz CT molecular complexity index is 573. The van der Waals surface area contributed by atoms with Gasteiger partial charge in [0.25, 0.3) is 0 Å². The van der Waals surface area contributed by atoms with E-state index in [0.29, 0.717) is 5.92 Å². The Labute approximate surface area is 122 Å². The molecular weight excluding hydrogens is 244 g/mol. The monoisotopic (exact) mass is 270 g/mol. The number of anilines is 1. The van der Waals surface area contributed by atoms with Crippen LogP contribution in [-0.4, -0.2) is 11.5 Å². The average Bonchev–Trinajstić information content (AvgIpc) is 2.44. The molecule has 108 valence electrons. The van der Waals surface area contributed by atoms with Gasteiger partial charge in [-0.3, -0.25) is 4.98 Å². The molecule has 0 unspecified atom stereocenters. The quantitative estimate of drug-likeness (QED) is 0.786. The summed E-state index contributed by atoms with van der Waals surface area (Å²) in [6.07, 6.45) is 3.45. The average molecular weight is 270 g/mol. The van der Waals surface area contributed by atoms with Crippen LogP contribution in [0.15, 0.2) is 24.3 Å². The van der Waals surface area contributed by atoms with Gasteiger partial charge in [-0.2, -0.15) is 0 Å². The number of pyridine rings is 1. The van der Waals surface area contributed by atoms with Crippen molar-refractivity contribution in [1.82, 2.24) is 4.98 Å². The largest absolute Gasteiger partial charge is 0.384 e. The number of nitrogens with one attached hydrogen (secondary N) is 1. The molecule has 0 aliphatic rings. The van der Waals surface area contributed by atoms with Crippen molar-refractivity contribution in [2.24, 2.45) is 0 Å². The number of hydrogen-bond donors (Lipinski definition) is 1. The number of benzene rings is 1. The van der Waals surface area contributed by atoms with Gasteiger partial charge in [-0.05, 0) is 42.5 Å². The Morgan fingerprint density at radius 1 is 1.10 bits per heavy atom. The summed E-state index contributed by atoms with van der Waals surface area (Å²) in [5.41, 5.74) is 4.91. The summed E-state index contributed by atoms with van der Waals surface area (Å²) < 4.78 is 0. The Hall–Kier alpha value is -1.57. The molecule has 0 spiro atoms. The molecule has 1 N–H and O–H groups in total. The summed E-state index contributed by atoms with van der Waals surface area (Å²) in [6, 6.07) is 8.90. The number of aromatic nitrogens is 1. The molecule has 0 atom stereocenters. The smallest absolute Gasteiger partial charge is 0.0726 e. The van der Waals surface area contributed by atoms with Crippen LogP contribution in [0.3, 0.4) is 0 Å². The van der Waals surface area contributed by atoms with E-state index >= 15 is 0 Å².